The third-order valence-corrected chi connectivity index (χ3v) is 5.53. The number of ketones is 1. The predicted molar refractivity (Wildman–Crippen MR) is 110 cm³/mol. The summed E-state index contributed by atoms with van der Waals surface area (Å²) >= 11 is 0. The van der Waals surface area contributed by atoms with Crippen molar-refractivity contribution in [2.24, 2.45) is 0 Å². The minimum absolute atomic E-state index is 0.0239. The smallest absolute Gasteiger partial charge is 0.272 e. The average Bonchev–Trinajstić information content (AvgIpc) is 2.70. The highest BCUT2D eigenvalue weighted by atomic mass is 16.6. The van der Waals surface area contributed by atoms with Gasteiger partial charge in [-0.2, -0.15) is 0 Å². The molecule has 3 atom stereocenters. The summed E-state index contributed by atoms with van der Waals surface area (Å²) in [6.07, 6.45) is 1.33. The van der Waals surface area contributed by atoms with E-state index in [0.717, 1.165) is 5.56 Å². The number of Topliss-reactive ketones (excluding diaryl/α,β-unsaturated/α-hetero) is 1. The highest BCUT2D eigenvalue weighted by Crippen LogP contribution is 2.27. The van der Waals surface area contributed by atoms with Gasteiger partial charge in [0.2, 0.25) is 5.78 Å². The average molecular weight is 395 g/mol. The summed E-state index contributed by atoms with van der Waals surface area (Å²) in [5.74, 6) is -0.542. The van der Waals surface area contributed by atoms with Crippen molar-refractivity contribution in [1.29, 1.82) is 0 Å². The van der Waals surface area contributed by atoms with Crippen LogP contribution < -0.4 is 5.32 Å². The maximum Gasteiger partial charge on any atom is 0.272 e. The Morgan fingerprint density at radius 3 is 2.55 bits per heavy atom. The molecule has 1 saturated heterocycles. The van der Waals surface area contributed by atoms with Gasteiger partial charge in [-0.1, -0.05) is 48.5 Å². The van der Waals surface area contributed by atoms with E-state index in [-0.39, 0.29) is 11.7 Å². The van der Waals surface area contributed by atoms with Crippen LogP contribution in [-0.4, -0.2) is 53.1 Å². The predicted octanol–water partition coefficient (Wildman–Crippen LogP) is 2.18. The molecule has 3 rings (SSSR count). The van der Waals surface area contributed by atoms with Gasteiger partial charge < -0.3 is 0 Å². The van der Waals surface area contributed by atoms with Crippen molar-refractivity contribution in [2.75, 3.05) is 13.6 Å². The molecule has 3 unspecified atom stereocenters. The van der Waals surface area contributed by atoms with Crippen LogP contribution in [0.4, 0.5) is 5.69 Å². The van der Waals surface area contributed by atoms with Crippen molar-refractivity contribution < 1.29 is 14.5 Å². The Labute approximate surface area is 169 Å². The minimum Gasteiger partial charge on any atom is -0.299 e. The summed E-state index contributed by atoms with van der Waals surface area (Å²) in [6.45, 7) is 2.67. The zero-order chi connectivity index (χ0) is 21.0. The monoisotopic (exact) mass is 395 g/mol. The molecule has 1 aliphatic heterocycles. The number of benzene rings is 2. The van der Waals surface area contributed by atoms with Gasteiger partial charge in [0, 0.05) is 29.8 Å². The van der Waals surface area contributed by atoms with Gasteiger partial charge in [0.05, 0.1) is 11.0 Å². The molecule has 1 fully saturated rings. The number of hydrogen-bond acceptors (Lipinski definition) is 6. The molecule has 1 N–H and O–H groups in total. The molecular weight excluding hydrogens is 370 g/mol. The molecule has 0 aromatic heterocycles. The highest BCUT2D eigenvalue weighted by Gasteiger charge is 2.43. The molecule has 2 aromatic rings. The summed E-state index contributed by atoms with van der Waals surface area (Å²) in [5.41, 5.74) is 1.28. The first-order chi connectivity index (χ1) is 13.8. The number of nitro groups is 1. The molecule has 1 aliphatic rings. The molecule has 0 bridgehead atoms. The third-order valence-electron chi connectivity index (χ3n) is 5.53. The first-order valence-corrected chi connectivity index (χ1v) is 9.56. The Morgan fingerprint density at radius 2 is 1.90 bits per heavy atom. The van der Waals surface area contributed by atoms with E-state index in [1.165, 1.54) is 6.07 Å². The van der Waals surface area contributed by atoms with E-state index in [0.29, 0.717) is 31.2 Å². The fraction of sp³-hybridized carbons (Fsp3) is 0.364. The first kappa shape index (κ1) is 20.8. The number of para-hydroxylation sites is 1. The number of nitro benzene ring substituents is 1. The van der Waals surface area contributed by atoms with Gasteiger partial charge in [-0.3, -0.25) is 29.9 Å². The lowest BCUT2D eigenvalue weighted by Gasteiger charge is -2.48. The molecule has 7 heteroatoms. The number of carbonyl (C=O) groups excluding carboxylic acids is 2. The van der Waals surface area contributed by atoms with Gasteiger partial charge in [0.1, 0.15) is 0 Å². The van der Waals surface area contributed by atoms with Gasteiger partial charge in [-0.05, 0) is 32.4 Å². The lowest BCUT2D eigenvalue weighted by atomic mass is 9.83. The number of carbonyl (C=O) groups is 2. The first-order valence-electron chi connectivity index (χ1n) is 9.56. The second kappa shape index (κ2) is 8.63. The van der Waals surface area contributed by atoms with Gasteiger partial charge in [0.15, 0.2) is 6.29 Å². The summed E-state index contributed by atoms with van der Waals surface area (Å²) in [7, 11) is 1.90. The summed E-state index contributed by atoms with van der Waals surface area (Å²) in [4.78, 5) is 36.8. The van der Waals surface area contributed by atoms with Crippen molar-refractivity contribution in [3.63, 3.8) is 0 Å². The number of nitrogens with zero attached hydrogens (tertiary/aromatic N) is 2. The lowest BCUT2D eigenvalue weighted by molar-refractivity contribution is -0.385. The molecule has 2 aromatic carbocycles. The number of hydrogen-bond donors (Lipinski definition) is 1. The van der Waals surface area contributed by atoms with Gasteiger partial charge in [0.25, 0.3) is 5.69 Å². The van der Waals surface area contributed by atoms with E-state index >= 15 is 0 Å². The Bertz CT molecular complexity index is 902. The van der Waals surface area contributed by atoms with Gasteiger partial charge in [-0.25, -0.2) is 0 Å². The lowest BCUT2D eigenvalue weighted by Crippen LogP contribution is -2.70. The third kappa shape index (κ3) is 4.75. The SMILES string of the molecule is CN1CC(C)(Cc2ccccc2)NC(C(=O)C=O)C1Cc1ccccc1[N+](=O)[O-]. The van der Waals surface area contributed by atoms with Crippen molar-refractivity contribution in [3.8, 4) is 0 Å². The summed E-state index contributed by atoms with van der Waals surface area (Å²) in [5, 5.41) is 14.8. The van der Waals surface area contributed by atoms with Crippen LogP contribution in [-0.2, 0) is 22.4 Å². The zero-order valence-electron chi connectivity index (χ0n) is 16.6. The molecule has 0 amide bonds. The van der Waals surface area contributed by atoms with E-state index < -0.39 is 22.3 Å². The van der Waals surface area contributed by atoms with E-state index in [2.05, 4.69) is 5.32 Å². The normalized spacial score (nSPS) is 24.8. The van der Waals surface area contributed by atoms with Gasteiger partial charge >= 0.3 is 0 Å². The Balaban J connectivity index is 1.88. The number of nitrogens with one attached hydrogen (secondary N) is 1. The topological polar surface area (TPSA) is 92.6 Å². The van der Waals surface area contributed by atoms with Crippen LogP contribution in [0.3, 0.4) is 0 Å². The molecular formula is C22H25N3O4. The Kier molecular flexibility index (Phi) is 6.20. The maximum atomic E-state index is 12.5. The van der Waals surface area contributed by atoms with Crippen molar-refractivity contribution in [3.05, 3.63) is 75.8 Å². The largest absolute Gasteiger partial charge is 0.299 e. The zero-order valence-corrected chi connectivity index (χ0v) is 16.6. The van der Waals surface area contributed by atoms with E-state index in [1.807, 2.05) is 49.2 Å². The molecule has 0 saturated carbocycles. The molecule has 152 valence electrons. The van der Waals surface area contributed by atoms with Crippen LogP contribution >= 0.6 is 0 Å². The molecule has 1 heterocycles. The fourth-order valence-electron chi connectivity index (χ4n) is 4.29. The van der Waals surface area contributed by atoms with Crippen LogP contribution in [0.2, 0.25) is 0 Å². The number of piperazine rings is 1. The van der Waals surface area contributed by atoms with Crippen LogP contribution in [0.5, 0.6) is 0 Å². The van der Waals surface area contributed by atoms with E-state index in [4.69, 9.17) is 0 Å². The molecule has 0 spiro atoms. The van der Waals surface area contributed by atoms with Crippen LogP contribution in [0, 0.1) is 10.1 Å². The number of likely N-dealkylation sites (N-methyl/N-ethyl adjacent to an activating group) is 1. The molecule has 0 aliphatic carbocycles. The molecule has 29 heavy (non-hydrogen) atoms. The standard InChI is InChI=1S/C22H25N3O4/c1-22(13-16-8-4-3-5-9-16)15-24(2)19(21(23-22)20(27)14-26)12-17-10-6-7-11-18(17)25(28)29/h3-11,14,19,21,23H,12-13,15H2,1-2H3. The molecule has 7 nitrogen and oxygen atoms in total. The minimum atomic E-state index is -0.736. The Morgan fingerprint density at radius 1 is 1.24 bits per heavy atom. The van der Waals surface area contributed by atoms with Crippen LogP contribution in [0.15, 0.2) is 54.6 Å². The highest BCUT2D eigenvalue weighted by molar-refractivity contribution is 6.27. The van der Waals surface area contributed by atoms with E-state index in [9.17, 15) is 19.7 Å². The van der Waals surface area contributed by atoms with Crippen LogP contribution in [0.1, 0.15) is 18.1 Å². The quantitative estimate of drug-likeness (QED) is 0.334. The van der Waals surface area contributed by atoms with Crippen LogP contribution in [0.25, 0.3) is 0 Å². The number of rotatable bonds is 7. The summed E-state index contributed by atoms with van der Waals surface area (Å²) in [6, 6.07) is 15.4. The summed E-state index contributed by atoms with van der Waals surface area (Å²) < 4.78 is 0. The van der Waals surface area contributed by atoms with Gasteiger partial charge in [-0.15, -0.1) is 0 Å². The maximum absolute atomic E-state index is 12.5. The number of aldehydes is 1. The van der Waals surface area contributed by atoms with E-state index in [1.54, 1.807) is 18.2 Å². The fourth-order valence-corrected chi connectivity index (χ4v) is 4.29. The van der Waals surface area contributed by atoms with Crippen molar-refractivity contribution in [2.45, 2.75) is 37.4 Å². The second-order valence-corrected chi connectivity index (χ2v) is 7.94. The molecule has 0 radical (unpaired) electrons. The Hall–Kier alpha value is -2.90. The van der Waals surface area contributed by atoms with Crippen molar-refractivity contribution >= 4 is 17.8 Å². The van der Waals surface area contributed by atoms with Crippen molar-refractivity contribution in [1.82, 2.24) is 10.2 Å². The second-order valence-electron chi connectivity index (χ2n) is 7.94.